The van der Waals surface area contributed by atoms with Gasteiger partial charge in [0.25, 0.3) is 0 Å². The maximum absolute atomic E-state index is 5.31. The van der Waals surface area contributed by atoms with Crippen LogP contribution in [0.4, 0.5) is 11.4 Å². The van der Waals surface area contributed by atoms with Crippen molar-refractivity contribution in [2.75, 3.05) is 0 Å². The van der Waals surface area contributed by atoms with E-state index in [0.29, 0.717) is 35.5 Å². The smallest absolute Gasteiger partial charge is 1.00 e. The Morgan fingerprint density at radius 2 is 0.723 bits per heavy atom. The molecule has 47 heavy (non-hydrogen) atoms. The van der Waals surface area contributed by atoms with E-state index in [4.69, 9.17) is 15.0 Å². The number of aromatic nitrogens is 1. The van der Waals surface area contributed by atoms with Gasteiger partial charge >= 0.3 is 17.1 Å². The maximum Gasteiger partial charge on any atom is 3.00 e. The molecule has 1 radical (unpaired) electrons. The van der Waals surface area contributed by atoms with Gasteiger partial charge in [-0.25, -0.2) is 4.98 Å². The molecule has 0 N–H and O–H groups in total. The monoisotopic (exact) mass is 740 g/mol. The Kier molecular flexibility index (Phi) is 20.3. The molecule has 3 aromatic rings. The summed E-state index contributed by atoms with van der Waals surface area (Å²) in [4.78, 5) is 15.8. The topological polar surface area (TPSA) is 37.6 Å². The standard InChI is InChI=1S/C40H57N3.3ClH.Fe/c1-22(2)31-18-33(24(5)6)39(34(19-31)25(7)8)41-29(14)37-16-28(13)17-38(43-37)30(15)42-40-35(26(9)10)20-32(23(3)4)21-36(40)27(11)12;;;;/h16-27H,1-15H3;3*1H;/q;;;;+3/p-3. The zero-order valence-electron chi connectivity index (χ0n) is 31.3. The first-order valence-corrected chi connectivity index (χ1v) is 16.5. The van der Waals surface area contributed by atoms with Gasteiger partial charge in [0, 0.05) is 0 Å². The predicted octanol–water partition coefficient (Wildman–Crippen LogP) is 3.42. The molecule has 2 aromatic carbocycles. The third-order valence-corrected chi connectivity index (χ3v) is 8.47. The molecule has 261 valence electrons. The molecule has 0 aliphatic carbocycles. The van der Waals surface area contributed by atoms with Gasteiger partial charge < -0.3 is 37.2 Å². The van der Waals surface area contributed by atoms with E-state index in [-0.39, 0.29) is 54.3 Å². The molecule has 0 unspecified atom stereocenters. The fraction of sp³-hybridized carbons (Fsp3) is 0.525. The third kappa shape index (κ3) is 11.7. The molecule has 0 aliphatic heterocycles. The number of pyridine rings is 1. The van der Waals surface area contributed by atoms with Crippen molar-refractivity contribution in [1.82, 2.24) is 4.98 Å². The molecule has 0 fully saturated rings. The molecule has 0 atom stereocenters. The Labute approximate surface area is 316 Å². The van der Waals surface area contributed by atoms with Gasteiger partial charge in [0.1, 0.15) is 0 Å². The van der Waals surface area contributed by atoms with Crippen LogP contribution in [0, 0.1) is 6.92 Å². The van der Waals surface area contributed by atoms with E-state index in [0.717, 1.165) is 39.7 Å². The number of aryl methyl sites for hydroxylation is 1. The van der Waals surface area contributed by atoms with Crippen molar-refractivity contribution >= 4 is 22.8 Å². The summed E-state index contributed by atoms with van der Waals surface area (Å²) in [5.74, 6) is 2.48. The van der Waals surface area contributed by atoms with Gasteiger partial charge in [-0.15, -0.1) is 0 Å². The van der Waals surface area contributed by atoms with Gasteiger partial charge in [-0.2, -0.15) is 0 Å². The molecular formula is C40H57Cl3FeN3. The molecule has 0 spiro atoms. The summed E-state index contributed by atoms with van der Waals surface area (Å²) in [6.07, 6.45) is 0. The zero-order chi connectivity index (χ0) is 32.3. The predicted molar refractivity (Wildman–Crippen MR) is 190 cm³/mol. The van der Waals surface area contributed by atoms with Crippen molar-refractivity contribution in [3.05, 3.63) is 86.7 Å². The summed E-state index contributed by atoms with van der Waals surface area (Å²) in [6, 6.07) is 13.8. The van der Waals surface area contributed by atoms with Crippen molar-refractivity contribution in [2.45, 2.75) is 139 Å². The van der Waals surface area contributed by atoms with E-state index in [1.165, 1.54) is 33.4 Å². The number of halogens is 3. The first kappa shape index (κ1) is 47.4. The van der Waals surface area contributed by atoms with Gasteiger partial charge in [-0.1, -0.05) is 107 Å². The van der Waals surface area contributed by atoms with Crippen LogP contribution in [-0.4, -0.2) is 16.4 Å². The zero-order valence-corrected chi connectivity index (χ0v) is 34.6. The van der Waals surface area contributed by atoms with Crippen molar-refractivity contribution in [2.24, 2.45) is 9.98 Å². The molecule has 0 amide bonds. The second kappa shape index (κ2) is 20.1. The summed E-state index contributed by atoms with van der Waals surface area (Å²) in [5, 5.41) is 0. The van der Waals surface area contributed by atoms with Crippen LogP contribution in [-0.2, 0) is 17.1 Å². The van der Waals surface area contributed by atoms with E-state index in [1.807, 2.05) is 0 Å². The summed E-state index contributed by atoms with van der Waals surface area (Å²) >= 11 is 0. The fourth-order valence-corrected chi connectivity index (χ4v) is 5.58. The Bertz CT molecular complexity index is 1350. The Morgan fingerprint density at radius 3 is 0.936 bits per heavy atom. The fourth-order valence-electron chi connectivity index (χ4n) is 5.58. The van der Waals surface area contributed by atoms with E-state index < -0.39 is 0 Å². The second-order valence-corrected chi connectivity index (χ2v) is 14.3. The number of rotatable bonds is 10. The van der Waals surface area contributed by atoms with Gasteiger partial charge in [0.2, 0.25) is 0 Å². The molecule has 1 aromatic heterocycles. The molecule has 7 heteroatoms. The largest absolute Gasteiger partial charge is 3.00 e. The number of aliphatic imine (C=N–C) groups is 2. The average molecular weight is 742 g/mol. The van der Waals surface area contributed by atoms with E-state index in [9.17, 15) is 0 Å². The van der Waals surface area contributed by atoms with E-state index in [2.05, 4.69) is 140 Å². The molecule has 3 rings (SSSR count). The van der Waals surface area contributed by atoms with Crippen molar-refractivity contribution in [3.8, 4) is 0 Å². The number of nitrogens with zero attached hydrogens (tertiary/aromatic N) is 3. The van der Waals surface area contributed by atoms with Gasteiger partial charge in [-0.05, 0) is 107 Å². The second-order valence-electron chi connectivity index (χ2n) is 14.3. The molecule has 0 aliphatic rings. The molecule has 0 saturated carbocycles. The Morgan fingerprint density at radius 1 is 0.468 bits per heavy atom. The van der Waals surface area contributed by atoms with Crippen LogP contribution in [0.25, 0.3) is 0 Å². The Hall–Kier alpha value is -1.68. The maximum atomic E-state index is 5.31. The normalized spacial score (nSPS) is 12.0. The van der Waals surface area contributed by atoms with Crippen LogP contribution < -0.4 is 37.2 Å². The van der Waals surface area contributed by atoms with Crippen LogP contribution in [0.5, 0.6) is 0 Å². The van der Waals surface area contributed by atoms with Crippen LogP contribution in [0.1, 0.15) is 183 Å². The Balaban J connectivity index is 0. The van der Waals surface area contributed by atoms with Crippen LogP contribution in [0.3, 0.4) is 0 Å². The first-order chi connectivity index (χ1) is 20.0. The van der Waals surface area contributed by atoms with E-state index >= 15 is 0 Å². The quantitative estimate of drug-likeness (QED) is 0.232. The SMILES string of the molecule is CC(=Nc1c(C(C)C)cc(C(C)C)cc1C(C)C)c1cc(C)cc(C(C)=Nc2c(C(C)C)cc(C(C)C)cc2C(C)C)n1.[Cl-].[Cl-].[Cl-].[Fe+3]. The molecule has 0 saturated heterocycles. The van der Waals surface area contributed by atoms with Crippen molar-refractivity contribution in [3.63, 3.8) is 0 Å². The molecule has 3 nitrogen and oxygen atoms in total. The minimum Gasteiger partial charge on any atom is -1.00 e. The van der Waals surface area contributed by atoms with Gasteiger partial charge in [0.05, 0.1) is 34.2 Å². The van der Waals surface area contributed by atoms with Crippen LogP contribution >= 0.6 is 0 Å². The average Bonchev–Trinajstić information content (AvgIpc) is 2.91. The van der Waals surface area contributed by atoms with Crippen molar-refractivity contribution in [1.29, 1.82) is 0 Å². The minimum absolute atomic E-state index is 0. The van der Waals surface area contributed by atoms with Crippen LogP contribution in [0.15, 0.2) is 46.4 Å². The number of hydrogen-bond donors (Lipinski definition) is 0. The van der Waals surface area contributed by atoms with Crippen molar-refractivity contribution < 1.29 is 54.3 Å². The summed E-state index contributed by atoms with van der Waals surface area (Å²) in [6.45, 7) is 33.6. The van der Waals surface area contributed by atoms with E-state index in [1.54, 1.807) is 0 Å². The summed E-state index contributed by atoms with van der Waals surface area (Å²) in [5.41, 5.74) is 15.1. The minimum atomic E-state index is 0. The van der Waals surface area contributed by atoms with Crippen LogP contribution in [0.2, 0.25) is 0 Å². The summed E-state index contributed by atoms with van der Waals surface area (Å²) in [7, 11) is 0. The molecule has 1 heterocycles. The molecule has 0 bridgehead atoms. The van der Waals surface area contributed by atoms with Gasteiger partial charge in [0.15, 0.2) is 0 Å². The van der Waals surface area contributed by atoms with Gasteiger partial charge in [-0.3, -0.25) is 9.98 Å². The first-order valence-electron chi connectivity index (χ1n) is 16.5. The third-order valence-electron chi connectivity index (χ3n) is 8.47. The summed E-state index contributed by atoms with van der Waals surface area (Å²) < 4.78 is 0. The number of hydrogen-bond acceptors (Lipinski definition) is 3. The number of benzene rings is 2. The molecular weight excluding hydrogens is 685 g/mol.